The van der Waals surface area contributed by atoms with Gasteiger partial charge in [0.05, 0.1) is 18.8 Å². The number of hydrogen-bond donors (Lipinski definition) is 2. The number of benzene rings is 1. The van der Waals surface area contributed by atoms with Gasteiger partial charge in [-0.2, -0.15) is 0 Å². The van der Waals surface area contributed by atoms with E-state index in [0.29, 0.717) is 5.69 Å². The van der Waals surface area contributed by atoms with Gasteiger partial charge in [0.2, 0.25) is 0 Å². The molecule has 0 atom stereocenters. The molecule has 0 saturated heterocycles. The molecule has 2 N–H and O–H groups in total. The smallest absolute Gasteiger partial charge is 0.277 e. The van der Waals surface area contributed by atoms with Gasteiger partial charge < -0.3 is 10.4 Å². The van der Waals surface area contributed by atoms with Crippen molar-refractivity contribution in [2.45, 2.75) is 0 Å². The Morgan fingerprint density at radius 2 is 1.93 bits per heavy atom. The highest BCUT2D eigenvalue weighted by atomic mass is 32.1. The summed E-state index contributed by atoms with van der Waals surface area (Å²) in [5, 5.41) is 14.8. The molecule has 0 unspecified atom stereocenters. The minimum Gasteiger partial charge on any atom is -0.395 e. The third kappa shape index (κ3) is 3.55. The number of aromatic nitrogens is 2. The lowest BCUT2D eigenvalue weighted by Crippen LogP contribution is -2.34. The molecule has 3 aromatic rings. The van der Waals surface area contributed by atoms with Crippen molar-refractivity contribution in [1.29, 1.82) is 0 Å². The first-order valence-electron chi connectivity index (χ1n) is 8.57. The van der Waals surface area contributed by atoms with Crippen LogP contribution < -0.4 is 5.32 Å². The van der Waals surface area contributed by atoms with Gasteiger partial charge in [-0.25, -0.2) is 4.98 Å². The number of carbonyl (C=O) groups is 2. The first-order chi connectivity index (χ1) is 13.7. The minimum atomic E-state index is -0.446. The van der Waals surface area contributed by atoms with Crippen molar-refractivity contribution in [1.82, 2.24) is 14.9 Å². The zero-order valence-electron chi connectivity index (χ0n) is 14.7. The SMILES string of the molecule is O=C1C=C(Nc2cccc(-c3nc(-c4ccncc4)cs3)c2)C(=O)N1CCO. The molecule has 3 heterocycles. The average molecular weight is 392 g/mol. The van der Waals surface area contributed by atoms with Gasteiger partial charge >= 0.3 is 0 Å². The van der Waals surface area contributed by atoms with Crippen LogP contribution >= 0.6 is 11.3 Å². The largest absolute Gasteiger partial charge is 0.395 e. The van der Waals surface area contributed by atoms with Crippen molar-refractivity contribution in [2.75, 3.05) is 18.5 Å². The maximum absolute atomic E-state index is 12.3. The average Bonchev–Trinajstić information content (AvgIpc) is 3.31. The lowest BCUT2D eigenvalue weighted by atomic mass is 10.2. The van der Waals surface area contributed by atoms with Gasteiger partial charge in [0, 0.05) is 40.7 Å². The van der Waals surface area contributed by atoms with E-state index in [9.17, 15) is 9.59 Å². The first-order valence-corrected chi connectivity index (χ1v) is 9.45. The normalized spacial score (nSPS) is 13.8. The van der Waals surface area contributed by atoms with Crippen LogP contribution in [-0.4, -0.2) is 44.9 Å². The second kappa shape index (κ2) is 7.71. The van der Waals surface area contributed by atoms with Crippen LogP contribution in [0.4, 0.5) is 5.69 Å². The van der Waals surface area contributed by atoms with E-state index < -0.39 is 11.8 Å². The summed E-state index contributed by atoms with van der Waals surface area (Å²) in [4.78, 5) is 33.8. The monoisotopic (exact) mass is 392 g/mol. The Balaban J connectivity index is 1.55. The highest BCUT2D eigenvalue weighted by Gasteiger charge is 2.30. The van der Waals surface area contributed by atoms with E-state index in [2.05, 4.69) is 15.3 Å². The molecule has 2 aromatic heterocycles. The molecule has 7 nitrogen and oxygen atoms in total. The number of thiazole rings is 1. The number of rotatable bonds is 6. The molecule has 0 aliphatic carbocycles. The molecule has 1 aliphatic rings. The summed E-state index contributed by atoms with van der Waals surface area (Å²) in [6.07, 6.45) is 4.70. The Bertz CT molecular complexity index is 1060. The number of pyridine rings is 1. The maximum atomic E-state index is 12.3. The number of anilines is 1. The molecule has 0 spiro atoms. The number of nitrogens with zero attached hydrogens (tertiary/aromatic N) is 3. The molecule has 28 heavy (non-hydrogen) atoms. The summed E-state index contributed by atoms with van der Waals surface area (Å²) in [6, 6.07) is 11.3. The highest BCUT2D eigenvalue weighted by molar-refractivity contribution is 7.13. The van der Waals surface area contributed by atoms with Crippen molar-refractivity contribution in [3.63, 3.8) is 0 Å². The lowest BCUT2D eigenvalue weighted by Gasteiger charge is -2.13. The second-order valence-electron chi connectivity index (χ2n) is 6.06. The Hall–Kier alpha value is -3.36. The third-order valence-corrected chi connectivity index (χ3v) is 5.09. The van der Waals surface area contributed by atoms with Crippen molar-refractivity contribution < 1.29 is 14.7 Å². The fourth-order valence-corrected chi connectivity index (χ4v) is 3.68. The summed E-state index contributed by atoms with van der Waals surface area (Å²) >= 11 is 1.53. The number of β-amino-alcohol motifs (C(OH)–C–C–N with tert-alkyl or cyclic N) is 1. The first kappa shape index (κ1) is 18.0. The van der Waals surface area contributed by atoms with Crippen molar-refractivity contribution in [3.05, 3.63) is 65.9 Å². The summed E-state index contributed by atoms with van der Waals surface area (Å²) in [7, 11) is 0. The molecule has 0 saturated carbocycles. The van der Waals surface area contributed by atoms with E-state index in [1.165, 1.54) is 17.4 Å². The van der Waals surface area contributed by atoms with Crippen molar-refractivity contribution in [3.8, 4) is 21.8 Å². The van der Waals surface area contributed by atoms with Gasteiger partial charge in [0.15, 0.2) is 0 Å². The van der Waals surface area contributed by atoms with Gasteiger partial charge in [-0.05, 0) is 24.3 Å². The van der Waals surface area contributed by atoms with Crippen LogP contribution in [0.25, 0.3) is 21.8 Å². The van der Waals surface area contributed by atoms with Gasteiger partial charge in [-0.15, -0.1) is 11.3 Å². The number of amides is 2. The molecule has 8 heteroatoms. The molecule has 2 amide bonds. The summed E-state index contributed by atoms with van der Waals surface area (Å²) < 4.78 is 0. The topological polar surface area (TPSA) is 95.4 Å². The van der Waals surface area contributed by atoms with Crippen LogP contribution in [0.3, 0.4) is 0 Å². The van der Waals surface area contributed by atoms with E-state index in [1.807, 2.05) is 41.8 Å². The fraction of sp³-hybridized carbons (Fsp3) is 0.100. The van der Waals surface area contributed by atoms with E-state index in [-0.39, 0.29) is 18.8 Å². The van der Waals surface area contributed by atoms with Crippen molar-refractivity contribution in [2.24, 2.45) is 0 Å². The molecule has 4 rings (SSSR count). The predicted octanol–water partition coefficient (Wildman–Crippen LogP) is 2.53. The Labute approximate surface area is 165 Å². The molecule has 0 fully saturated rings. The van der Waals surface area contributed by atoms with Crippen LogP contribution in [0.15, 0.2) is 65.9 Å². The highest BCUT2D eigenvalue weighted by Crippen LogP contribution is 2.30. The van der Waals surface area contributed by atoms with Crippen LogP contribution in [-0.2, 0) is 9.59 Å². The van der Waals surface area contributed by atoms with Crippen LogP contribution in [0, 0.1) is 0 Å². The second-order valence-corrected chi connectivity index (χ2v) is 6.91. The molecule has 1 aromatic carbocycles. The zero-order valence-corrected chi connectivity index (χ0v) is 15.5. The maximum Gasteiger partial charge on any atom is 0.277 e. The molecule has 0 radical (unpaired) electrons. The van der Waals surface area contributed by atoms with E-state index in [4.69, 9.17) is 5.11 Å². The third-order valence-electron chi connectivity index (χ3n) is 4.20. The quantitative estimate of drug-likeness (QED) is 0.626. The zero-order chi connectivity index (χ0) is 19.5. The van der Waals surface area contributed by atoms with Gasteiger partial charge in [-0.1, -0.05) is 12.1 Å². The van der Waals surface area contributed by atoms with Gasteiger partial charge in [0.1, 0.15) is 10.7 Å². The lowest BCUT2D eigenvalue weighted by molar-refractivity contribution is -0.137. The summed E-state index contributed by atoms with van der Waals surface area (Å²) in [5.74, 6) is -0.877. The van der Waals surface area contributed by atoms with Crippen molar-refractivity contribution >= 4 is 28.8 Å². The predicted molar refractivity (Wildman–Crippen MR) is 106 cm³/mol. The molecular formula is C20H16N4O3S. The molecule has 0 bridgehead atoms. The van der Waals surface area contributed by atoms with Gasteiger partial charge in [0.25, 0.3) is 11.8 Å². The number of aliphatic hydroxyl groups excluding tert-OH is 1. The summed E-state index contributed by atoms with van der Waals surface area (Å²) in [5.41, 5.74) is 3.64. The summed E-state index contributed by atoms with van der Waals surface area (Å²) in [6.45, 7) is -0.284. The Morgan fingerprint density at radius 3 is 2.71 bits per heavy atom. The van der Waals surface area contributed by atoms with Gasteiger partial charge in [-0.3, -0.25) is 19.5 Å². The molecular weight excluding hydrogens is 376 g/mol. The fourth-order valence-electron chi connectivity index (χ4n) is 2.86. The standard InChI is InChI=1S/C20H16N4O3S/c25-9-8-24-18(26)11-16(20(24)27)22-15-3-1-2-14(10-15)19-23-17(12-28-19)13-4-6-21-7-5-13/h1-7,10-12,22,25H,8-9H2. The van der Waals surface area contributed by atoms with E-state index in [0.717, 1.165) is 26.7 Å². The van der Waals surface area contributed by atoms with Crippen LogP contribution in [0.1, 0.15) is 0 Å². The number of aliphatic hydroxyl groups is 1. The van der Waals surface area contributed by atoms with E-state index >= 15 is 0 Å². The van der Waals surface area contributed by atoms with Crippen LogP contribution in [0.5, 0.6) is 0 Å². The number of carbonyl (C=O) groups excluding carboxylic acids is 2. The van der Waals surface area contributed by atoms with Crippen LogP contribution in [0.2, 0.25) is 0 Å². The Kier molecular flexibility index (Phi) is 4.96. The Morgan fingerprint density at radius 1 is 1.11 bits per heavy atom. The number of hydrogen-bond acceptors (Lipinski definition) is 7. The molecule has 1 aliphatic heterocycles. The minimum absolute atomic E-state index is 0.0176. The van der Waals surface area contributed by atoms with E-state index in [1.54, 1.807) is 12.4 Å². The number of imide groups is 1. The number of nitrogens with one attached hydrogen (secondary N) is 1. The molecule has 140 valence electrons.